The molecule has 0 amide bonds. The molecule has 0 radical (unpaired) electrons. The van der Waals surface area contributed by atoms with E-state index >= 15 is 0 Å². The predicted octanol–water partition coefficient (Wildman–Crippen LogP) is 2.49. The van der Waals surface area contributed by atoms with Crippen molar-refractivity contribution >= 4 is 0 Å². The second-order valence-corrected chi connectivity index (χ2v) is 6.09. The molecule has 3 atom stereocenters. The van der Waals surface area contributed by atoms with Crippen molar-refractivity contribution in [3.05, 3.63) is 0 Å². The van der Waals surface area contributed by atoms with Crippen molar-refractivity contribution in [2.45, 2.75) is 58.0 Å². The van der Waals surface area contributed by atoms with Crippen molar-refractivity contribution in [1.29, 1.82) is 0 Å². The first-order valence-electron chi connectivity index (χ1n) is 7.12. The standard InChI is InChI=1S/C14H28N2/c1-11(2)12-5-4-6-14(9-12)16-8-7-13(10-16)15-3/h11-15H,4-10H2,1-3H3. The lowest BCUT2D eigenvalue weighted by atomic mass is 9.79. The molecule has 1 N–H and O–H groups in total. The van der Waals surface area contributed by atoms with Crippen molar-refractivity contribution in [2.75, 3.05) is 20.1 Å². The molecule has 94 valence electrons. The number of likely N-dealkylation sites (N-methyl/N-ethyl adjacent to an activating group) is 1. The fourth-order valence-electron chi connectivity index (χ4n) is 3.49. The van der Waals surface area contributed by atoms with E-state index in [4.69, 9.17) is 0 Å². The Morgan fingerprint density at radius 1 is 1.19 bits per heavy atom. The van der Waals surface area contributed by atoms with Crippen LogP contribution in [0.25, 0.3) is 0 Å². The van der Waals surface area contributed by atoms with Gasteiger partial charge in [-0.1, -0.05) is 26.7 Å². The lowest BCUT2D eigenvalue weighted by Gasteiger charge is -2.37. The Bertz CT molecular complexity index is 215. The van der Waals surface area contributed by atoms with Gasteiger partial charge in [-0.15, -0.1) is 0 Å². The summed E-state index contributed by atoms with van der Waals surface area (Å²) in [5.74, 6) is 1.86. The van der Waals surface area contributed by atoms with Gasteiger partial charge in [0.15, 0.2) is 0 Å². The number of rotatable bonds is 3. The molecule has 1 heterocycles. The molecule has 2 nitrogen and oxygen atoms in total. The monoisotopic (exact) mass is 224 g/mol. The summed E-state index contributed by atoms with van der Waals surface area (Å²) < 4.78 is 0. The second kappa shape index (κ2) is 5.50. The Morgan fingerprint density at radius 3 is 2.62 bits per heavy atom. The first-order chi connectivity index (χ1) is 7.70. The number of hydrogen-bond acceptors (Lipinski definition) is 2. The largest absolute Gasteiger partial charge is 0.316 e. The molecule has 0 aromatic rings. The average Bonchev–Trinajstić information content (AvgIpc) is 2.77. The molecule has 0 spiro atoms. The van der Waals surface area contributed by atoms with Gasteiger partial charge >= 0.3 is 0 Å². The first kappa shape index (κ1) is 12.4. The number of likely N-dealkylation sites (tertiary alicyclic amines) is 1. The van der Waals surface area contributed by atoms with E-state index in [-0.39, 0.29) is 0 Å². The third-order valence-electron chi connectivity index (χ3n) is 4.77. The highest BCUT2D eigenvalue weighted by molar-refractivity contribution is 4.88. The van der Waals surface area contributed by atoms with E-state index in [1.54, 1.807) is 0 Å². The Morgan fingerprint density at radius 2 is 2.00 bits per heavy atom. The van der Waals surface area contributed by atoms with Gasteiger partial charge in [0.05, 0.1) is 0 Å². The third-order valence-corrected chi connectivity index (χ3v) is 4.77. The van der Waals surface area contributed by atoms with Gasteiger partial charge in [0, 0.05) is 25.2 Å². The highest BCUT2D eigenvalue weighted by Gasteiger charge is 2.31. The molecule has 2 fully saturated rings. The van der Waals surface area contributed by atoms with Crippen molar-refractivity contribution in [3.8, 4) is 0 Å². The molecule has 0 bridgehead atoms. The van der Waals surface area contributed by atoms with Gasteiger partial charge in [-0.25, -0.2) is 0 Å². The Hall–Kier alpha value is -0.0800. The molecular weight excluding hydrogens is 196 g/mol. The molecule has 1 saturated heterocycles. The maximum atomic E-state index is 3.43. The molecule has 3 unspecified atom stereocenters. The zero-order chi connectivity index (χ0) is 11.5. The number of nitrogens with zero attached hydrogens (tertiary/aromatic N) is 1. The summed E-state index contributed by atoms with van der Waals surface area (Å²) in [5.41, 5.74) is 0. The summed E-state index contributed by atoms with van der Waals surface area (Å²) in [5, 5.41) is 3.43. The van der Waals surface area contributed by atoms with E-state index in [9.17, 15) is 0 Å². The molecule has 0 aromatic carbocycles. The molecule has 16 heavy (non-hydrogen) atoms. The summed E-state index contributed by atoms with van der Waals surface area (Å²) in [4.78, 5) is 2.75. The summed E-state index contributed by atoms with van der Waals surface area (Å²) in [6.07, 6.45) is 7.17. The molecular formula is C14H28N2. The van der Waals surface area contributed by atoms with E-state index in [0.717, 1.165) is 23.9 Å². The second-order valence-electron chi connectivity index (χ2n) is 6.09. The molecule has 1 aliphatic carbocycles. The summed E-state index contributed by atoms with van der Waals surface area (Å²) in [6, 6.07) is 1.64. The van der Waals surface area contributed by atoms with Crippen LogP contribution in [-0.4, -0.2) is 37.1 Å². The minimum Gasteiger partial charge on any atom is -0.316 e. The predicted molar refractivity (Wildman–Crippen MR) is 69.6 cm³/mol. The van der Waals surface area contributed by atoms with E-state index in [2.05, 4.69) is 31.1 Å². The first-order valence-corrected chi connectivity index (χ1v) is 7.12. The number of hydrogen-bond donors (Lipinski definition) is 1. The minimum atomic E-state index is 0.749. The van der Waals surface area contributed by atoms with Gasteiger partial charge < -0.3 is 5.32 Å². The molecule has 2 aliphatic rings. The Kier molecular flexibility index (Phi) is 4.26. The van der Waals surface area contributed by atoms with Crippen LogP contribution in [0.5, 0.6) is 0 Å². The highest BCUT2D eigenvalue weighted by atomic mass is 15.2. The van der Waals surface area contributed by atoms with Gasteiger partial charge in [0.2, 0.25) is 0 Å². The van der Waals surface area contributed by atoms with Crippen molar-refractivity contribution in [3.63, 3.8) is 0 Å². The van der Waals surface area contributed by atoms with Gasteiger partial charge in [0.25, 0.3) is 0 Å². The minimum absolute atomic E-state index is 0.749. The summed E-state index contributed by atoms with van der Waals surface area (Å²) in [6.45, 7) is 7.40. The topological polar surface area (TPSA) is 15.3 Å². The lowest BCUT2D eigenvalue weighted by Crippen LogP contribution is -2.40. The van der Waals surface area contributed by atoms with Gasteiger partial charge in [-0.3, -0.25) is 4.90 Å². The van der Waals surface area contributed by atoms with E-state index in [1.165, 1.54) is 45.2 Å². The van der Waals surface area contributed by atoms with Crippen LogP contribution in [0.15, 0.2) is 0 Å². The van der Waals surface area contributed by atoms with Gasteiger partial charge in [0.1, 0.15) is 0 Å². The molecule has 0 aromatic heterocycles. The SMILES string of the molecule is CNC1CCN(C2CCCC(C(C)C)C2)C1. The van der Waals surface area contributed by atoms with Crippen LogP contribution in [-0.2, 0) is 0 Å². The van der Waals surface area contributed by atoms with Crippen molar-refractivity contribution in [1.82, 2.24) is 10.2 Å². The third kappa shape index (κ3) is 2.78. The van der Waals surface area contributed by atoms with Crippen molar-refractivity contribution < 1.29 is 0 Å². The molecule has 2 heteroatoms. The summed E-state index contributed by atoms with van der Waals surface area (Å²) in [7, 11) is 2.10. The number of nitrogens with one attached hydrogen (secondary N) is 1. The van der Waals surface area contributed by atoms with Gasteiger partial charge in [-0.05, 0) is 38.1 Å². The van der Waals surface area contributed by atoms with Crippen LogP contribution in [0.3, 0.4) is 0 Å². The quantitative estimate of drug-likeness (QED) is 0.792. The van der Waals surface area contributed by atoms with Crippen LogP contribution >= 0.6 is 0 Å². The fourth-order valence-corrected chi connectivity index (χ4v) is 3.49. The van der Waals surface area contributed by atoms with Gasteiger partial charge in [-0.2, -0.15) is 0 Å². The highest BCUT2D eigenvalue weighted by Crippen LogP contribution is 2.33. The Labute approximate surface area is 101 Å². The van der Waals surface area contributed by atoms with Crippen LogP contribution in [0.4, 0.5) is 0 Å². The fraction of sp³-hybridized carbons (Fsp3) is 1.00. The van der Waals surface area contributed by atoms with Crippen LogP contribution in [0, 0.1) is 11.8 Å². The van der Waals surface area contributed by atoms with E-state index < -0.39 is 0 Å². The lowest BCUT2D eigenvalue weighted by molar-refractivity contribution is 0.134. The maximum absolute atomic E-state index is 3.43. The van der Waals surface area contributed by atoms with Crippen molar-refractivity contribution in [2.24, 2.45) is 11.8 Å². The smallest absolute Gasteiger partial charge is 0.0204 e. The Balaban J connectivity index is 1.85. The van der Waals surface area contributed by atoms with E-state index in [1.807, 2.05) is 0 Å². The molecule has 1 aliphatic heterocycles. The normalized spacial score (nSPS) is 37.1. The van der Waals surface area contributed by atoms with Crippen LogP contribution in [0.2, 0.25) is 0 Å². The van der Waals surface area contributed by atoms with Crippen LogP contribution < -0.4 is 5.32 Å². The summed E-state index contributed by atoms with van der Waals surface area (Å²) >= 11 is 0. The zero-order valence-electron chi connectivity index (χ0n) is 11.2. The average molecular weight is 224 g/mol. The zero-order valence-corrected chi connectivity index (χ0v) is 11.2. The molecule has 2 rings (SSSR count). The van der Waals surface area contributed by atoms with Crippen LogP contribution in [0.1, 0.15) is 46.0 Å². The molecule has 1 saturated carbocycles. The maximum Gasteiger partial charge on any atom is 0.0204 e. The van der Waals surface area contributed by atoms with E-state index in [0.29, 0.717) is 0 Å².